The molecule has 0 unspecified atom stereocenters. The van der Waals surface area contributed by atoms with Crippen LogP contribution in [0.1, 0.15) is 47.4 Å². The first kappa shape index (κ1) is 23.3. The predicted molar refractivity (Wildman–Crippen MR) is 126 cm³/mol. The molecule has 1 amide bonds. The number of amides is 1. The van der Waals surface area contributed by atoms with Gasteiger partial charge in [0.05, 0.1) is 28.6 Å². The number of hydrogen-bond acceptors (Lipinski definition) is 5. The molecular weight excluding hydrogens is 464 g/mol. The largest absolute Gasteiger partial charge is 0.468 e. The van der Waals surface area contributed by atoms with Gasteiger partial charge in [0, 0.05) is 12.4 Å². The van der Waals surface area contributed by atoms with Gasteiger partial charge in [-0.05, 0) is 68.1 Å². The van der Waals surface area contributed by atoms with Crippen LogP contribution in [0.25, 0.3) is 10.9 Å². The van der Waals surface area contributed by atoms with Gasteiger partial charge in [0.2, 0.25) is 0 Å². The summed E-state index contributed by atoms with van der Waals surface area (Å²) in [5, 5.41) is 4.34. The zero-order valence-electron chi connectivity index (χ0n) is 18.8. The second-order valence-electron chi connectivity index (χ2n) is 8.52. The van der Waals surface area contributed by atoms with E-state index in [1.54, 1.807) is 22.8 Å². The van der Waals surface area contributed by atoms with Crippen LogP contribution >= 0.6 is 11.6 Å². The number of halogens is 1. The molecule has 1 N–H and O–H groups in total. The fourth-order valence-electron chi connectivity index (χ4n) is 4.13. The summed E-state index contributed by atoms with van der Waals surface area (Å²) in [6.45, 7) is 3.76. The van der Waals surface area contributed by atoms with Crippen molar-refractivity contribution in [3.63, 3.8) is 0 Å². The number of aromatic nitrogens is 1. The Balaban J connectivity index is 1.54. The minimum absolute atomic E-state index is 0.0615. The SMILES string of the molecule is COC(=O)C1(S(=O)(=O)c2ccc([C@@H](C)NC(=O)c3cc4c(Cl)cc(C)cc4n3C)cc2)CC1. The minimum atomic E-state index is -3.85. The summed E-state index contributed by atoms with van der Waals surface area (Å²) < 4.78 is 30.9. The van der Waals surface area contributed by atoms with Gasteiger partial charge in [-0.2, -0.15) is 0 Å². The second-order valence-corrected chi connectivity index (χ2v) is 11.2. The Hall–Kier alpha value is -2.84. The molecule has 1 aromatic heterocycles. The summed E-state index contributed by atoms with van der Waals surface area (Å²) in [5.74, 6) is -0.994. The third-order valence-electron chi connectivity index (χ3n) is 6.30. The average molecular weight is 489 g/mol. The van der Waals surface area contributed by atoms with Crippen molar-refractivity contribution in [2.24, 2.45) is 7.05 Å². The highest BCUT2D eigenvalue weighted by molar-refractivity contribution is 7.94. The molecule has 1 heterocycles. The zero-order chi connectivity index (χ0) is 24.1. The number of fused-ring (bicyclic) bond motifs is 1. The van der Waals surface area contributed by atoms with Gasteiger partial charge in [-0.25, -0.2) is 8.42 Å². The number of benzene rings is 2. The maximum Gasteiger partial charge on any atom is 0.327 e. The van der Waals surface area contributed by atoms with E-state index < -0.39 is 20.6 Å². The van der Waals surface area contributed by atoms with Gasteiger partial charge >= 0.3 is 5.97 Å². The predicted octanol–water partition coefficient (Wildman–Crippen LogP) is 4.11. The molecule has 2 aromatic carbocycles. The summed E-state index contributed by atoms with van der Waals surface area (Å²) in [6, 6.07) is 11.4. The van der Waals surface area contributed by atoms with Crippen molar-refractivity contribution < 1.29 is 22.7 Å². The van der Waals surface area contributed by atoms with Crippen LogP contribution in [0.4, 0.5) is 0 Å². The fourth-order valence-corrected chi connectivity index (χ4v) is 6.35. The highest BCUT2D eigenvalue weighted by Crippen LogP contribution is 2.47. The fraction of sp³-hybridized carbons (Fsp3) is 0.333. The molecule has 0 saturated heterocycles. The standard InChI is InChI=1S/C24H25ClN2O5S/c1-14-11-19(25)18-13-21(27(3)20(18)12-14)22(28)26-15(2)16-5-7-17(8-6-16)33(30,31)24(9-10-24)23(29)32-4/h5-8,11-13,15H,9-10H2,1-4H3,(H,26,28)/t15-/m1/s1. The number of hydrogen-bond donors (Lipinski definition) is 1. The van der Waals surface area contributed by atoms with Crippen LogP contribution in [0.3, 0.4) is 0 Å². The molecular formula is C24H25ClN2O5S. The molecule has 7 nitrogen and oxygen atoms in total. The number of methoxy groups -OCH3 is 1. The number of aryl methyl sites for hydroxylation is 2. The smallest absolute Gasteiger partial charge is 0.327 e. The lowest BCUT2D eigenvalue weighted by molar-refractivity contribution is -0.140. The zero-order valence-corrected chi connectivity index (χ0v) is 20.4. The van der Waals surface area contributed by atoms with Gasteiger partial charge in [0.25, 0.3) is 5.91 Å². The normalized spacial score (nSPS) is 15.8. The van der Waals surface area contributed by atoms with Gasteiger partial charge in [0.15, 0.2) is 14.6 Å². The maximum atomic E-state index is 13.0. The van der Waals surface area contributed by atoms with Crippen molar-refractivity contribution >= 4 is 44.2 Å². The number of nitrogens with one attached hydrogen (secondary N) is 1. The lowest BCUT2D eigenvalue weighted by Gasteiger charge is -2.17. The van der Waals surface area contributed by atoms with E-state index >= 15 is 0 Å². The van der Waals surface area contributed by atoms with E-state index in [9.17, 15) is 18.0 Å². The minimum Gasteiger partial charge on any atom is -0.468 e. The van der Waals surface area contributed by atoms with E-state index in [2.05, 4.69) is 5.32 Å². The van der Waals surface area contributed by atoms with Crippen LogP contribution in [0.5, 0.6) is 0 Å². The molecule has 0 spiro atoms. The molecule has 0 radical (unpaired) electrons. The highest BCUT2D eigenvalue weighted by atomic mass is 35.5. The monoisotopic (exact) mass is 488 g/mol. The number of carbonyl (C=O) groups is 2. The highest BCUT2D eigenvalue weighted by Gasteiger charge is 2.62. The van der Waals surface area contributed by atoms with Gasteiger partial charge in [0.1, 0.15) is 5.69 Å². The van der Waals surface area contributed by atoms with Crippen molar-refractivity contribution in [1.82, 2.24) is 9.88 Å². The molecule has 3 aromatic rings. The topological polar surface area (TPSA) is 94.5 Å². The van der Waals surface area contributed by atoms with E-state index in [0.717, 1.165) is 22.0 Å². The van der Waals surface area contributed by atoms with Crippen LogP contribution in [0, 0.1) is 6.92 Å². The van der Waals surface area contributed by atoms with Crippen LogP contribution < -0.4 is 5.32 Å². The molecule has 1 saturated carbocycles. The van der Waals surface area contributed by atoms with Crippen molar-refractivity contribution in [3.05, 3.63) is 64.3 Å². The molecule has 174 valence electrons. The Bertz CT molecular complexity index is 1370. The van der Waals surface area contributed by atoms with E-state index in [0.29, 0.717) is 10.7 Å². The molecule has 1 aliphatic carbocycles. The number of carbonyl (C=O) groups excluding carboxylic acids is 2. The van der Waals surface area contributed by atoms with Gasteiger partial charge in [-0.15, -0.1) is 0 Å². The van der Waals surface area contributed by atoms with Gasteiger partial charge < -0.3 is 14.6 Å². The maximum absolute atomic E-state index is 13.0. The first-order chi connectivity index (χ1) is 15.5. The van der Waals surface area contributed by atoms with E-state index in [1.807, 2.05) is 33.0 Å². The Labute approximate surface area is 197 Å². The lowest BCUT2D eigenvalue weighted by atomic mass is 10.1. The van der Waals surface area contributed by atoms with Crippen molar-refractivity contribution in [3.8, 4) is 0 Å². The third-order valence-corrected chi connectivity index (χ3v) is 9.11. The van der Waals surface area contributed by atoms with Gasteiger partial charge in [-0.3, -0.25) is 9.59 Å². The summed E-state index contributed by atoms with van der Waals surface area (Å²) in [5.41, 5.74) is 3.08. The molecule has 1 aliphatic rings. The van der Waals surface area contributed by atoms with Crippen molar-refractivity contribution in [2.45, 2.75) is 42.4 Å². The molecule has 9 heteroatoms. The first-order valence-corrected chi connectivity index (χ1v) is 12.4. The Kier molecular flexibility index (Phi) is 5.78. The van der Waals surface area contributed by atoms with E-state index in [1.165, 1.54) is 19.2 Å². The number of sulfone groups is 1. The van der Waals surface area contributed by atoms with E-state index in [4.69, 9.17) is 16.3 Å². The first-order valence-electron chi connectivity index (χ1n) is 10.5. The Morgan fingerprint density at radius 2 is 1.79 bits per heavy atom. The number of rotatable bonds is 6. The van der Waals surface area contributed by atoms with Gasteiger partial charge in [-0.1, -0.05) is 23.7 Å². The molecule has 4 rings (SSSR count). The van der Waals surface area contributed by atoms with Crippen molar-refractivity contribution in [2.75, 3.05) is 7.11 Å². The Morgan fingerprint density at radius 3 is 2.36 bits per heavy atom. The third kappa shape index (κ3) is 3.81. The average Bonchev–Trinajstić information content (AvgIpc) is 3.53. The summed E-state index contributed by atoms with van der Waals surface area (Å²) in [4.78, 5) is 25.0. The number of nitrogens with zero attached hydrogens (tertiary/aromatic N) is 1. The molecule has 33 heavy (non-hydrogen) atoms. The number of ether oxygens (including phenoxy) is 1. The quantitative estimate of drug-likeness (QED) is 0.527. The lowest BCUT2D eigenvalue weighted by Crippen LogP contribution is -2.33. The van der Waals surface area contributed by atoms with E-state index in [-0.39, 0.29) is 29.7 Å². The second kappa shape index (κ2) is 8.18. The molecule has 0 bridgehead atoms. The number of esters is 1. The molecule has 1 fully saturated rings. The van der Waals surface area contributed by atoms with Crippen LogP contribution in [0.15, 0.2) is 47.4 Å². The summed E-state index contributed by atoms with van der Waals surface area (Å²) in [7, 11) is -0.851. The molecule has 0 aliphatic heterocycles. The van der Waals surface area contributed by atoms with Crippen molar-refractivity contribution in [1.29, 1.82) is 0 Å². The van der Waals surface area contributed by atoms with Crippen LogP contribution in [-0.2, 0) is 26.4 Å². The summed E-state index contributed by atoms with van der Waals surface area (Å²) in [6.07, 6.45) is 0.509. The van der Waals surface area contributed by atoms with Crippen LogP contribution in [-0.4, -0.2) is 36.7 Å². The Morgan fingerprint density at radius 1 is 1.15 bits per heavy atom. The molecule has 1 atom stereocenters. The van der Waals surface area contributed by atoms with Crippen LogP contribution in [0.2, 0.25) is 5.02 Å². The summed E-state index contributed by atoms with van der Waals surface area (Å²) >= 11 is 6.35.